The number of hydrogen-bond donors (Lipinski definition) is 1. The molecule has 92 valence electrons. The van der Waals surface area contributed by atoms with Crippen LogP contribution in [0.5, 0.6) is 0 Å². The minimum Gasteiger partial charge on any atom is -0.320 e. The Labute approximate surface area is 100.0 Å². The van der Waals surface area contributed by atoms with Crippen LogP contribution in [0.2, 0.25) is 0 Å². The van der Waals surface area contributed by atoms with E-state index in [2.05, 4.69) is 5.32 Å². The van der Waals surface area contributed by atoms with Gasteiger partial charge in [-0.05, 0) is 31.4 Å². The molecule has 1 amide bonds. The predicted molar refractivity (Wildman–Crippen MR) is 66.3 cm³/mol. The van der Waals surface area contributed by atoms with Gasteiger partial charge in [0.1, 0.15) is 5.69 Å². The number of nitrogens with zero attached hydrogens (tertiary/aromatic N) is 1. The number of carbonyl (C=O) groups excluding carboxylic acids is 1. The molecule has 1 N–H and O–H groups in total. The molecule has 0 aliphatic carbocycles. The molecule has 5 nitrogen and oxygen atoms in total. The molecule has 17 heavy (non-hydrogen) atoms. The lowest BCUT2D eigenvalue weighted by atomic mass is 9.99. The maximum Gasteiger partial charge on any atom is 0.296 e. The Bertz CT molecular complexity index is 481. The SMILES string of the molecule is CCc1c(C)cc(C)c(NC(C)=O)c1[N+](=O)[O-]. The quantitative estimate of drug-likeness (QED) is 0.647. The van der Waals surface area contributed by atoms with Gasteiger partial charge in [0.15, 0.2) is 0 Å². The molecule has 0 unspecified atom stereocenters. The standard InChI is InChI=1S/C12H16N2O3/c1-5-10-7(2)6-8(3)11(13-9(4)15)12(10)14(16)17/h6H,5H2,1-4H3,(H,13,15). The molecule has 0 saturated carbocycles. The molecule has 1 aromatic rings. The molecule has 0 aliphatic rings. The summed E-state index contributed by atoms with van der Waals surface area (Å²) in [6.45, 7) is 6.80. The average molecular weight is 236 g/mol. The van der Waals surface area contributed by atoms with E-state index in [-0.39, 0.29) is 11.6 Å². The summed E-state index contributed by atoms with van der Waals surface area (Å²) in [6, 6.07) is 1.86. The lowest BCUT2D eigenvalue weighted by molar-refractivity contribution is -0.384. The number of amides is 1. The average Bonchev–Trinajstić information content (AvgIpc) is 2.20. The third-order valence-electron chi connectivity index (χ3n) is 2.66. The minimum atomic E-state index is -0.426. The molecule has 1 aromatic carbocycles. The van der Waals surface area contributed by atoms with Crippen molar-refractivity contribution >= 4 is 17.3 Å². The molecule has 0 aromatic heterocycles. The zero-order valence-electron chi connectivity index (χ0n) is 10.5. The summed E-state index contributed by atoms with van der Waals surface area (Å²) >= 11 is 0. The van der Waals surface area contributed by atoms with E-state index in [0.717, 1.165) is 5.56 Å². The number of nitro groups is 1. The summed E-state index contributed by atoms with van der Waals surface area (Å²) in [5.74, 6) is -0.304. The molecule has 0 aliphatic heterocycles. The van der Waals surface area contributed by atoms with Crippen LogP contribution in [0.15, 0.2) is 6.07 Å². The highest BCUT2D eigenvalue weighted by Crippen LogP contribution is 2.34. The second-order valence-corrected chi connectivity index (χ2v) is 4.00. The van der Waals surface area contributed by atoms with Gasteiger partial charge in [0.05, 0.1) is 4.92 Å². The second kappa shape index (κ2) is 4.95. The summed E-state index contributed by atoms with van der Waals surface area (Å²) in [5, 5.41) is 13.7. The first-order valence-electron chi connectivity index (χ1n) is 5.43. The van der Waals surface area contributed by atoms with Gasteiger partial charge in [-0.2, -0.15) is 0 Å². The normalized spacial score (nSPS) is 10.1. The van der Waals surface area contributed by atoms with Gasteiger partial charge < -0.3 is 5.32 Å². The maximum atomic E-state index is 11.1. The van der Waals surface area contributed by atoms with E-state index in [9.17, 15) is 14.9 Å². The molecule has 0 spiro atoms. The summed E-state index contributed by atoms with van der Waals surface area (Å²) in [4.78, 5) is 21.8. The van der Waals surface area contributed by atoms with Crippen molar-refractivity contribution in [1.82, 2.24) is 0 Å². The number of carbonyl (C=O) groups is 1. The maximum absolute atomic E-state index is 11.1. The van der Waals surface area contributed by atoms with E-state index in [0.29, 0.717) is 23.2 Å². The number of rotatable bonds is 3. The van der Waals surface area contributed by atoms with Crippen molar-refractivity contribution in [2.24, 2.45) is 0 Å². The molecule has 5 heteroatoms. The Morgan fingerprint density at radius 1 is 1.41 bits per heavy atom. The Morgan fingerprint density at radius 2 is 2.00 bits per heavy atom. The molecule has 0 atom stereocenters. The number of benzene rings is 1. The highest BCUT2D eigenvalue weighted by Gasteiger charge is 2.23. The Kier molecular flexibility index (Phi) is 3.83. The fourth-order valence-corrected chi connectivity index (χ4v) is 1.99. The number of nitrogens with one attached hydrogen (secondary N) is 1. The first-order chi connectivity index (χ1) is 7.88. The minimum absolute atomic E-state index is 0.0141. The zero-order valence-corrected chi connectivity index (χ0v) is 10.5. The van der Waals surface area contributed by atoms with Gasteiger partial charge in [0.25, 0.3) is 5.69 Å². The number of hydrogen-bond acceptors (Lipinski definition) is 3. The van der Waals surface area contributed by atoms with Crippen LogP contribution in [0.3, 0.4) is 0 Å². The van der Waals surface area contributed by atoms with E-state index < -0.39 is 4.92 Å². The number of anilines is 1. The summed E-state index contributed by atoms with van der Waals surface area (Å²) < 4.78 is 0. The topological polar surface area (TPSA) is 72.2 Å². The highest BCUT2D eigenvalue weighted by atomic mass is 16.6. The number of aryl methyl sites for hydroxylation is 2. The second-order valence-electron chi connectivity index (χ2n) is 4.00. The van der Waals surface area contributed by atoms with Crippen molar-refractivity contribution in [3.05, 3.63) is 32.9 Å². The monoisotopic (exact) mass is 236 g/mol. The van der Waals surface area contributed by atoms with Crippen LogP contribution in [-0.4, -0.2) is 10.8 Å². The van der Waals surface area contributed by atoms with Gasteiger partial charge in [-0.25, -0.2) is 0 Å². The third kappa shape index (κ3) is 2.61. The highest BCUT2D eigenvalue weighted by molar-refractivity contribution is 5.93. The smallest absolute Gasteiger partial charge is 0.296 e. The molecular weight excluding hydrogens is 220 g/mol. The van der Waals surface area contributed by atoms with Crippen LogP contribution in [0.4, 0.5) is 11.4 Å². The molecule has 0 fully saturated rings. The van der Waals surface area contributed by atoms with Gasteiger partial charge in [-0.1, -0.05) is 13.0 Å². The van der Waals surface area contributed by atoms with Crippen LogP contribution >= 0.6 is 0 Å². The summed E-state index contributed by atoms with van der Waals surface area (Å²) in [6.07, 6.45) is 0.564. The van der Waals surface area contributed by atoms with Crippen molar-refractivity contribution in [2.45, 2.75) is 34.1 Å². The van der Waals surface area contributed by atoms with Crippen LogP contribution in [0, 0.1) is 24.0 Å². The van der Waals surface area contributed by atoms with Crippen molar-refractivity contribution in [2.75, 3.05) is 5.32 Å². The summed E-state index contributed by atoms with van der Waals surface area (Å²) in [7, 11) is 0. The van der Waals surface area contributed by atoms with Crippen LogP contribution in [0.1, 0.15) is 30.5 Å². The molecule has 0 saturated heterocycles. The Balaban J connectivity index is 3.55. The molecule has 0 radical (unpaired) electrons. The fraction of sp³-hybridized carbons (Fsp3) is 0.417. The predicted octanol–water partition coefficient (Wildman–Crippen LogP) is 2.73. The lowest BCUT2D eigenvalue weighted by Crippen LogP contribution is -2.11. The molecule has 1 rings (SSSR count). The zero-order chi connectivity index (χ0) is 13.2. The first-order valence-corrected chi connectivity index (χ1v) is 5.43. The molecule has 0 heterocycles. The van der Waals surface area contributed by atoms with E-state index >= 15 is 0 Å². The van der Waals surface area contributed by atoms with Crippen molar-refractivity contribution in [3.63, 3.8) is 0 Å². The first kappa shape index (κ1) is 13.2. The van der Waals surface area contributed by atoms with Gasteiger partial charge >= 0.3 is 0 Å². The fourth-order valence-electron chi connectivity index (χ4n) is 1.99. The summed E-state index contributed by atoms with van der Waals surface area (Å²) in [5.41, 5.74) is 2.59. The third-order valence-corrected chi connectivity index (χ3v) is 2.66. The number of nitro benzene ring substituents is 1. The van der Waals surface area contributed by atoms with Gasteiger partial charge in [0.2, 0.25) is 5.91 Å². The van der Waals surface area contributed by atoms with E-state index in [1.165, 1.54) is 6.92 Å². The van der Waals surface area contributed by atoms with E-state index in [1.54, 1.807) is 6.92 Å². The van der Waals surface area contributed by atoms with Crippen molar-refractivity contribution < 1.29 is 9.72 Å². The Hall–Kier alpha value is -1.91. The van der Waals surface area contributed by atoms with Gasteiger partial charge in [-0.15, -0.1) is 0 Å². The van der Waals surface area contributed by atoms with Gasteiger partial charge in [0, 0.05) is 12.5 Å². The van der Waals surface area contributed by atoms with Crippen molar-refractivity contribution in [3.8, 4) is 0 Å². The van der Waals surface area contributed by atoms with Crippen LogP contribution in [-0.2, 0) is 11.2 Å². The van der Waals surface area contributed by atoms with Gasteiger partial charge in [-0.3, -0.25) is 14.9 Å². The van der Waals surface area contributed by atoms with E-state index in [4.69, 9.17) is 0 Å². The largest absolute Gasteiger partial charge is 0.320 e. The Morgan fingerprint density at radius 3 is 2.41 bits per heavy atom. The molecular formula is C12H16N2O3. The molecule has 0 bridgehead atoms. The van der Waals surface area contributed by atoms with E-state index in [1.807, 2.05) is 19.9 Å². The van der Waals surface area contributed by atoms with Crippen LogP contribution < -0.4 is 5.32 Å². The van der Waals surface area contributed by atoms with Crippen LogP contribution in [0.25, 0.3) is 0 Å². The van der Waals surface area contributed by atoms with Crippen molar-refractivity contribution in [1.29, 1.82) is 0 Å². The lowest BCUT2D eigenvalue weighted by Gasteiger charge is -2.12.